The van der Waals surface area contributed by atoms with Crippen LogP contribution in [0, 0.1) is 46.3 Å². The molecular weight excluding hydrogens is 1000 g/mol. The molecule has 3 nitrogen and oxygen atoms in total. The molecule has 67 heavy (non-hydrogen) atoms. The van der Waals surface area contributed by atoms with Crippen LogP contribution in [0.3, 0.4) is 0 Å². The molecule has 1 heterocycles. The predicted octanol–water partition coefficient (Wildman–Crippen LogP) is 16.0. The number of pyridine rings is 1. The van der Waals surface area contributed by atoms with E-state index in [-0.39, 0.29) is 89.1 Å². The molecule has 7 heteroatoms. The van der Waals surface area contributed by atoms with Crippen molar-refractivity contribution < 1.29 is 46.3 Å². The Balaban J connectivity index is 0.00000171. The predicted molar refractivity (Wildman–Crippen MR) is 258 cm³/mol. The Hall–Kier alpha value is -3.71. The summed E-state index contributed by atoms with van der Waals surface area (Å²) in [7, 11) is 0. The van der Waals surface area contributed by atoms with E-state index in [2.05, 4.69) is 63.0 Å². The summed E-state index contributed by atoms with van der Waals surface area (Å²) in [6.45, 7) is 18.6. The second kappa shape index (κ2) is 15.4. The molecule has 1 aromatic heterocycles. The SMILES string of the molecule is Cc1cc(-c2ccccc2-c2cc(C(F)(F)F)cc(-c3ccccc3-c3cc(C)cc(C45CC6(C)CC(C)(CC(C)(C6)C4)C5)c3[O-])n2)c([O-])c(C23CC4(C)CC(C)(CC(C)(C4)C2)C3)c1.[CH3][Hf+2][CH3]. The van der Waals surface area contributed by atoms with Crippen LogP contribution in [0.1, 0.15) is 146 Å². The summed E-state index contributed by atoms with van der Waals surface area (Å²) in [5.74, 6) is -0.0508. The Kier molecular flexibility index (Phi) is 10.8. The number of halogens is 3. The molecule has 0 saturated heterocycles. The van der Waals surface area contributed by atoms with E-state index in [1.54, 1.807) is 24.3 Å². The monoisotopic (exact) mass is 1070 g/mol. The molecule has 8 fully saturated rings. The molecule has 8 aliphatic carbocycles. The Labute approximate surface area is 409 Å². The van der Waals surface area contributed by atoms with Gasteiger partial charge in [-0.3, -0.25) is 0 Å². The van der Waals surface area contributed by atoms with E-state index in [9.17, 15) is 0 Å². The summed E-state index contributed by atoms with van der Waals surface area (Å²) in [5.41, 5.74) is 6.72. The van der Waals surface area contributed by atoms with Crippen LogP contribution in [-0.2, 0) is 39.9 Å². The van der Waals surface area contributed by atoms with Crippen molar-refractivity contribution in [3.05, 3.63) is 113 Å². The molecule has 0 atom stereocenters. The Morgan fingerprint density at radius 1 is 0.448 bits per heavy atom. The summed E-state index contributed by atoms with van der Waals surface area (Å²) in [4.78, 5) is 5.07. The molecule has 8 aliphatic rings. The van der Waals surface area contributed by atoms with Crippen LogP contribution in [0.5, 0.6) is 11.5 Å². The van der Waals surface area contributed by atoms with E-state index < -0.39 is 11.7 Å². The van der Waals surface area contributed by atoms with Gasteiger partial charge < -0.3 is 10.2 Å². The number of nitrogens with zero attached hydrogens (tertiary/aromatic N) is 1. The third kappa shape index (κ3) is 7.99. The third-order valence-electron chi connectivity index (χ3n) is 17.5. The van der Waals surface area contributed by atoms with Gasteiger partial charge >= 0.3 is 38.4 Å². The van der Waals surface area contributed by atoms with Gasteiger partial charge in [-0.1, -0.05) is 137 Å². The molecule has 0 spiro atoms. The van der Waals surface area contributed by atoms with Gasteiger partial charge in [0.05, 0.1) is 17.0 Å². The molecule has 5 aromatic rings. The number of alkyl halides is 3. The van der Waals surface area contributed by atoms with Crippen LogP contribution < -0.4 is 10.2 Å². The number of aromatic nitrogens is 1. The number of rotatable bonds is 6. The summed E-state index contributed by atoms with van der Waals surface area (Å²) in [6.07, 6.45) is 8.29. The van der Waals surface area contributed by atoms with Gasteiger partial charge in [0.2, 0.25) is 0 Å². The van der Waals surface area contributed by atoms with Gasteiger partial charge in [0.25, 0.3) is 0 Å². The standard InChI is InChI=1S/C58H64F3NO2.2CH3.Hf/c1-35-17-42(48(63)44(19-35)56-29-50(3)23-51(4,30-56)25-52(5,24-50)31-56)38-13-9-11-15-40(38)46-21-37(58(59,60)61)22-47(62-46)41-16-12-10-14-39(41)43-18-36(2)20-45(49(43)64)57-32-53(6)26-54(7,33-57)28-55(8,27-53)34-57;;;/h9-22,63-64H,23-34H2,1-8H3;2*1H3;/q;;;+2/p-2. The third-order valence-corrected chi connectivity index (χ3v) is 17.5. The Bertz CT molecular complexity index is 2540. The number of hydrogen-bond acceptors (Lipinski definition) is 3. The normalized spacial score (nSPS) is 34.5. The van der Waals surface area contributed by atoms with E-state index in [0.29, 0.717) is 33.4 Å². The van der Waals surface area contributed by atoms with E-state index in [0.717, 1.165) is 72.9 Å². The van der Waals surface area contributed by atoms with Gasteiger partial charge in [0.15, 0.2) is 0 Å². The van der Waals surface area contributed by atoms with Crippen LogP contribution in [-0.4, -0.2) is 4.98 Å². The quantitative estimate of drug-likeness (QED) is 0.159. The van der Waals surface area contributed by atoms with E-state index in [4.69, 9.17) is 4.98 Å². The summed E-state index contributed by atoms with van der Waals surface area (Å²) < 4.78 is 50.1. The number of aryl methyl sites for hydroxylation is 2. The average Bonchev–Trinajstić information content (AvgIpc) is 3.18. The van der Waals surface area contributed by atoms with Crippen LogP contribution in [0.25, 0.3) is 44.8 Å². The van der Waals surface area contributed by atoms with Gasteiger partial charge in [0.1, 0.15) is 0 Å². The van der Waals surface area contributed by atoms with Crippen molar-refractivity contribution in [2.24, 2.45) is 32.5 Å². The second-order valence-electron chi connectivity index (χ2n) is 25.6. The topological polar surface area (TPSA) is 59.0 Å². The Morgan fingerprint density at radius 3 is 1.01 bits per heavy atom. The van der Waals surface area contributed by atoms with Crippen molar-refractivity contribution in [1.82, 2.24) is 4.98 Å². The second-order valence-corrected chi connectivity index (χ2v) is 29.2. The molecule has 0 radical (unpaired) electrons. The number of benzene rings is 4. The van der Waals surface area contributed by atoms with Gasteiger partial charge in [-0.2, -0.15) is 13.2 Å². The minimum atomic E-state index is -4.68. The van der Waals surface area contributed by atoms with Crippen LogP contribution in [0.4, 0.5) is 13.2 Å². The van der Waals surface area contributed by atoms with Crippen LogP contribution in [0.15, 0.2) is 84.9 Å². The van der Waals surface area contributed by atoms with Crippen LogP contribution >= 0.6 is 0 Å². The molecule has 0 aliphatic heterocycles. The first kappa shape index (κ1) is 47.0. The van der Waals surface area contributed by atoms with E-state index >= 15 is 23.4 Å². The Morgan fingerprint density at radius 2 is 0.731 bits per heavy atom. The molecule has 0 amide bonds. The summed E-state index contributed by atoms with van der Waals surface area (Å²) in [5, 5.41) is 30.3. The van der Waals surface area contributed by atoms with Crippen molar-refractivity contribution in [2.45, 2.75) is 159 Å². The maximum absolute atomic E-state index is 15.2. The van der Waals surface area contributed by atoms with Gasteiger partial charge in [-0.15, -0.1) is 0 Å². The summed E-state index contributed by atoms with van der Waals surface area (Å²) in [6, 6.07) is 24.9. The van der Waals surface area contributed by atoms with Crippen molar-refractivity contribution in [3.8, 4) is 56.3 Å². The fraction of sp³-hybridized carbons (Fsp3) is 0.517. The molecule has 13 rings (SSSR count). The molecule has 350 valence electrons. The first-order valence-electron chi connectivity index (χ1n) is 24.8. The van der Waals surface area contributed by atoms with Gasteiger partial charge in [-0.05, 0) is 180 Å². The van der Waals surface area contributed by atoms with Crippen molar-refractivity contribution in [3.63, 3.8) is 0 Å². The zero-order valence-corrected chi connectivity index (χ0v) is 45.1. The molecule has 8 saturated carbocycles. The minimum absolute atomic E-state index is 0.0254. The molecule has 4 aromatic carbocycles. The van der Waals surface area contributed by atoms with Crippen LogP contribution in [0.2, 0.25) is 9.36 Å². The van der Waals surface area contributed by atoms with Crippen molar-refractivity contribution in [2.75, 3.05) is 0 Å². The first-order valence-corrected chi connectivity index (χ1v) is 32.0. The van der Waals surface area contributed by atoms with Gasteiger partial charge in [0, 0.05) is 11.1 Å². The fourth-order valence-corrected chi connectivity index (χ4v) is 18.7. The van der Waals surface area contributed by atoms with Crippen molar-refractivity contribution in [1.29, 1.82) is 0 Å². The van der Waals surface area contributed by atoms with E-state index in [1.807, 2.05) is 50.2 Å². The molecular formula is C60H68F3HfNO2. The van der Waals surface area contributed by atoms with Crippen molar-refractivity contribution >= 4 is 0 Å². The maximum atomic E-state index is 15.2. The average molecular weight is 1070 g/mol. The number of hydrogen-bond donors (Lipinski definition) is 0. The molecule has 0 unspecified atom stereocenters. The molecule has 8 bridgehead atoms. The van der Waals surface area contributed by atoms with Gasteiger partial charge in [-0.25, -0.2) is 4.98 Å². The zero-order chi connectivity index (χ0) is 48.0. The summed E-state index contributed by atoms with van der Waals surface area (Å²) >= 11 is 0.0833. The fourth-order valence-electron chi connectivity index (χ4n) is 18.7. The van der Waals surface area contributed by atoms with E-state index in [1.165, 1.54) is 38.5 Å². The first-order chi connectivity index (χ1) is 31.3. The zero-order valence-electron chi connectivity index (χ0n) is 41.5. The molecule has 0 N–H and O–H groups in total.